The number of nitrogens with one attached hydrogen (secondary N) is 1. The molecule has 0 spiro atoms. The van der Waals surface area contributed by atoms with Crippen LogP contribution >= 0.6 is 0 Å². The molecule has 3 N–H and O–H groups in total. The highest BCUT2D eigenvalue weighted by Crippen LogP contribution is 2.13. The molecule has 3 heteroatoms. The Hall–Kier alpha value is -1.61. The van der Waals surface area contributed by atoms with Gasteiger partial charge in [0.05, 0.1) is 0 Å². The first-order valence-corrected chi connectivity index (χ1v) is 3.44. The van der Waals surface area contributed by atoms with E-state index in [0.29, 0.717) is 0 Å². The number of hydrogen-bond acceptors (Lipinski definition) is 1. The zero-order valence-electron chi connectivity index (χ0n) is 6.37. The Morgan fingerprint density at radius 2 is 1.83 bits per heavy atom. The molecular formula is C9H9NO2. The monoisotopic (exact) mass is 163 g/mol. The van der Waals surface area contributed by atoms with Crippen LogP contribution in [0, 0.1) is 0 Å². The third kappa shape index (κ3) is 1.22. The fourth-order valence-corrected chi connectivity index (χ4v) is 1.11. The van der Waals surface area contributed by atoms with E-state index in [1.807, 2.05) is 30.3 Å². The Bertz CT molecular complexity index is 394. The zero-order chi connectivity index (χ0) is 7.68. The number of aromatic amines is 1. The lowest BCUT2D eigenvalue weighted by Crippen LogP contribution is -1.97. The van der Waals surface area contributed by atoms with Crippen LogP contribution in [0.2, 0.25) is 0 Å². The average molecular weight is 163 g/mol. The molecule has 0 atom stereocenters. The van der Waals surface area contributed by atoms with Crippen LogP contribution in [0.4, 0.5) is 0 Å². The van der Waals surface area contributed by atoms with E-state index < -0.39 is 0 Å². The van der Waals surface area contributed by atoms with E-state index in [1.165, 1.54) is 0 Å². The summed E-state index contributed by atoms with van der Waals surface area (Å²) < 4.78 is 0. The highest BCUT2D eigenvalue weighted by molar-refractivity contribution is 5.62. The van der Waals surface area contributed by atoms with E-state index in [0.717, 1.165) is 11.1 Å². The third-order valence-electron chi connectivity index (χ3n) is 1.68. The van der Waals surface area contributed by atoms with Gasteiger partial charge in [-0.2, -0.15) is 0 Å². The Balaban J connectivity index is 0.000000720. The third-order valence-corrected chi connectivity index (χ3v) is 1.68. The van der Waals surface area contributed by atoms with Gasteiger partial charge in [-0.1, -0.05) is 24.3 Å². The van der Waals surface area contributed by atoms with Crippen molar-refractivity contribution in [1.82, 2.24) is 4.98 Å². The maximum absolute atomic E-state index is 11.1. The van der Waals surface area contributed by atoms with Crippen LogP contribution in [0.1, 0.15) is 0 Å². The summed E-state index contributed by atoms with van der Waals surface area (Å²) in [4.78, 5) is 13.7. The van der Waals surface area contributed by atoms with Crippen LogP contribution in [0.3, 0.4) is 0 Å². The van der Waals surface area contributed by atoms with Gasteiger partial charge in [0.25, 0.3) is 5.56 Å². The van der Waals surface area contributed by atoms with Crippen molar-refractivity contribution in [3.05, 3.63) is 46.9 Å². The predicted molar refractivity (Wildman–Crippen MR) is 47.3 cm³/mol. The molecule has 12 heavy (non-hydrogen) atoms. The Labute approximate surface area is 69.3 Å². The van der Waals surface area contributed by atoms with Gasteiger partial charge in [-0.15, -0.1) is 0 Å². The van der Waals surface area contributed by atoms with Crippen molar-refractivity contribution in [2.45, 2.75) is 0 Å². The number of rotatable bonds is 0. The quantitative estimate of drug-likeness (QED) is 0.609. The normalized spacial score (nSPS) is 9.33. The molecule has 0 aromatic rings. The number of aromatic nitrogens is 1. The molecule has 1 aliphatic heterocycles. The van der Waals surface area contributed by atoms with Gasteiger partial charge < -0.3 is 10.5 Å². The minimum Gasteiger partial charge on any atom is -0.412 e. The smallest absolute Gasteiger partial charge is 0.255 e. The molecule has 0 radical (unpaired) electrons. The van der Waals surface area contributed by atoms with Crippen molar-refractivity contribution in [2.24, 2.45) is 0 Å². The highest BCUT2D eigenvalue weighted by atomic mass is 16.1. The SMILES string of the molecule is O.O=c1[nH]cc2cccccc1-2. The molecule has 0 saturated heterocycles. The van der Waals surface area contributed by atoms with Gasteiger partial charge >= 0.3 is 0 Å². The second-order valence-electron chi connectivity index (χ2n) is 2.40. The molecule has 0 aromatic carbocycles. The van der Waals surface area contributed by atoms with Crippen LogP contribution < -0.4 is 5.56 Å². The topological polar surface area (TPSA) is 64.4 Å². The largest absolute Gasteiger partial charge is 0.412 e. The number of H-pyrrole nitrogens is 1. The van der Waals surface area contributed by atoms with Crippen LogP contribution in [0.15, 0.2) is 41.3 Å². The van der Waals surface area contributed by atoms with Gasteiger partial charge in [0.1, 0.15) is 0 Å². The van der Waals surface area contributed by atoms with Gasteiger partial charge in [0, 0.05) is 17.3 Å². The van der Waals surface area contributed by atoms with Crippen molar-refractivity contribution >= 4 is 0 Å². The van der Waals surface area contributed by atoms with Crippen molar-refractivity contribution in [2.75, 3.05) is 0 Å². The van der Waals surface area contributed by atoms with Crippen molar-refractivity contribution < 1.29 is 5.48 Å². The maximum atomic E-state index is 11.1. The molecule has 1 heterocycles. The van der Waals surface area contributed by atoms with E-state index in [4.69, 9.17) is 0 Å². The Morgan fingerprint density at radius 3 is 2.67 bits per heavy atom. The summed E-state index contributed by atoms with van der Waals surface area (Å²) in [7, 11) is 0. The zero-order valence-corrected chi connectivity index (χ0v) is 6.37. The van der Waals surface area contributed by atoms with Crippen molar-refractivity contribution in [3.8, 4) is 11.1 Å². The highest BCUT2D eigenvalue weighted by Gasteiger charge is 2.02. The lowest BCUT2D eigenvalue weighted by atomic mass is 10.2. The molecule has 0 saturated carbocycles. The van der Waals surface area contributed by atoms with Crippen LogP contribution in [0.5, 0.6) is 0 Å². The summed E-state index contributed by atoms with van der Waals surface area (Å²) in [6.07, 6.45) is 1.72. The molecule has 0 fully saturated rings. The number of fused-ring (bicyclic) bond motifs is 1. The average Bonchev–Trinajstić information content (AvgIpc) is 2.25. The first-order chi connectivity index (χ1) is 5.38. The molecule has 0 bridgehead atoms. The fourth-order valence-electron chi connectivity index (χ4n) is 1.11. The van der Waals surface area contributed by atoms with Crippen LogP contribution in [-0.2, 0) is 0 Å². The van der Waals surface area contributed by atoms with Crippen molar-refractivity contribution in [1.29, 1.82) is 0 Å². The van der Waals surface area contributed by atoms with E-state index >= 15 is 0 Å². The van der Waals surface area contributed by atoms with Gasteiger partial charge in [0.2, 0.25) is 0 Å². The van der Waals surface area contributed by atoms with Gasteiger partial charge in [-0.05, 0) is 6.07 Å². The van der Waals surface area contributed by atoms with E-state index in [2.05, 4.69) is 4.98 Å². The summed E-state index contributed by atoms with van der Waals surface area (Å²) in [5, 5.41) is 0. The second-order valence-corrected chi connectivity index (χ2v) is 2.40. The maximum Gasteiger partial charge on any atom is 0.255 e. The van der Waals surface area contributed by atoms with Gasteiger partial charge in [-0.25, -0.2) is 0 Å². The predicted octanol–water partition coefficient (Wildman–Crippen LogP) is 0.655. The van der Waals surface area contributed by atoms with E-state index in [-0.39, 0.29) is 11.0 Å². The Morgan fingerprint density at radius 1 is 1.08 bits per heavy atom. The van der Waals surface area contributed by atoms with Crippen LogP contribution in [0.25, 0.3) is 11.1 Å². The molecule has 2 aliphatic rings. The molecule has 2 rings (SSSR count). The summed E-state index contributed by atoms with van der Waals surface area (Å²) in [6, 6.07) is 9.40. The summed E-state index contributed by atoms with van der Waals surface area (Å²) in [5.74, 6) is 0. The minimum atomic E-state index is -0.0174. The first-order valence-electron chi connectivity index (χ1n) is 3.44. The molecular weight excluding hydrogens is 154 g/mol. The van der Waals surface area contributed by atoms with Crippen LogP contribution in [-0.4, -0.2) is 10.5 Å². The molecule has 1 aliphatic carbocycles. The Kier molecular flexibility index (Phi) is 2.26. The summed E-state index contributed by atoms with van der Waals surface area (Å²) >= 11 is 0. The fraction of sp³-hybridized carbons (Fsp3) is 0. The number of hydrogen-bond donors (Lipinski definition) is 1. The van der Waals surface area contributed by atoms with E-state index in [9.17, 15) is 4.79 Å². The lowest BCUT2D eigenvalue weighted by Gasteiger charge is -1.82. The summed E-state index contributed by atoms with van der Waals surface area (Å²) in [6.45, 7) is 0. The first kappa shape index (κ1) is 8.49. The molecule has 0 amide bonds. The van der Waals surface area contributed by atoms with Crippen molar-refractivity contribution in [3.63, 3.8) is 0 Å². The van der Waals surface area contributed by atoms with Gasteiger partial charge in [0.15, 0.2) is 0 Å². The summed E-state index contributed by atoms with van der Waals surface area (Å²) in [5.41, 5.74) is 1.69. The minimum absolute atomic E-state index is 0. The van der Waals surface area contributed by atoms with E-state index in [1.54, 1.807) is 6.20 Å². The van der Waals surface area contributed by atoms with Gasteiger partial charge in [-0.3, -0.25) is 4.79 Å². The molecule has 0 unspecified atom stereocenters. The molecule has 0 aromatic heterocycles. The lowest BCUT2D eigenvalue weighted by molar-refractivity contribution is 0.824. The molecule has 3 nitrogen and oxygen atoms in total. The second kappa shape index (κ2) is 3.19. The molecule has 62 valence electrons. The standard InChI is InChI=1S/C9H7NO.H2O/c11-9-8-5-3-1-2-4-7(8)6-10-9;/h1-6H,(H,10,11);1H2.